The first-order valence-electron chi connectivity index (χ1n) is 7.66. The van der Waals surface area contributed by atoms with Crippen molar-refractivity contribution in [2.45, 2.75) is 46.5 Å². The van der Waals surface area contributed by atoms with Gasteiger partial charge in [-0.1, -0.05) is 43.1 Å². The number of carbonyl (C=O) groups excluding carboxylic acids is 1. The standard InChI is InChI=1S/C18H24BrNO/c1-4-18(2,3)14-5-10-17(21)13(11-14)12-20-16-8-6-15(19)7-9-16/h6-9,12,14,20H,4-5,10-11H2,1-3H3/b13-12+/t14-/m1/s1. The molecule has 1 aliphatic carbocycles. The van der Waals surface area contributed by atoms with E-state index in [1.54, 1.807) is 0 Å². The molecule has 1 N–H and O–H groups in total. The van der Waals surface area contributed by atoms with E-state index in [2.05, 4.69) is 42.0 Å². The Morgan fingerprint density at radius 3 is 2.62 bits per heavy atom. The number of nitrogens with one attached hydrogen (secondary N) is 1. The van der Waals surface area contributed by atoms with Crippen LogP contribution in [0.2, 0.25) is 0 Å². The Balaban J connectivity index is 2.07. The minimum atomic E-state index is 0.294. The summed E-state index contributed by atoms with van der Waals surface area (Å²) in [7, 11) is 0. The second-order valence-corrected chi connectivity index (χ2v) is 7.44. The number of rotatable bonds is 4. The molecule has 0 amide bonds. The lowest BCUT2D eigenvalue weighted by molar-refractivity contribution is -0.117. The van der Waals surface area contributed by atoms with Gasteiger partial charge >= 0.3 is 0 Å². The van der Waals surface area contributed by atoms with Gasteiger partial charge < -0.3 is 5.32 Å². The highest BCUT2D eigenvalue weighted by molar-refractivity contribution is 9.10. The molecule has 2 rings (SSSR count). The summed E-state index contributed by atoms with van der Waals surface area (Å²) in [5.74, 6) is 0.890. The molecule has 0 heterocycles. The second-order valence-electron chi connectivity index (χ2n) is 6.53. The van der Waals surface area contributed by atoms with Gasteiger partial charge in [-0.25, -0.2) is 0 Å². The predicted octanol–water partition coefficient (Wildman–Crippen LogP) is 5.55. The Hall–Kier alpha value is -1.09. The van der Waals surface area contributed by atoms with Crippen LogP contribution in [-0.2, 0) is 4.79 Å². The number of allylic oxidation sites excluding steroid dienone is 1. The third-order valence-electron chi connectivity index (χ3n) is 4.82. The summed E-state index contributed by atoms with van der Waals surface area (Å²) in [6, 6.07) is 7.99. The topological polar surface area (TPSA) is 29.1 Å². The molecule has 0 radical (unpaired) electrons. The van der Waals surface area contributed by atoms with Gasteiger partial charge in [0.1, 0.15) is 0 Å². The van der Waals surface area contributed by atoms with Crippen molar-refractivity contribution < 1.29 is 4.79 Å². The fourth-order valence-corrected chi connectivity index (χ4v) is 3.02. The first kappa shape index (κ1) is 16.3. The van der Waals surface area contributed by atoms with E-state index >= 15 is 0 Å². The number of anilines is 1. The third kappa shape index (κ3) is 4.19. The van der Waals surface area contributed by atoms with E-state index in [1.807, 2.05) is 30.5 Å². The van der Waals surface area contributed by atoms with E-state index in [0.717, 1.165) is 35.0 Å². The van der Waals surface area contributed by atoms with E-state index in [4.69, 9.17) is 0 Å². The first-order valence-corrected chi connectivity index (χ1v) is 8.46. The maximum Gasteiger partial charge on any atom is 0.160 e. The van der Waals surface area contributed by atoms with Gasteiger partial charge in [0, 0.05) is 28.4 Å². The summed E-state index contributed by atoms with van der Waals surface area (Å²) in [5.41, 5.74) is 2.25. The number of Topliss-reactive ketones (excluding diaryl/α,β-unsaturated/α-hetero) is 1. The van der Waals surface area contributed by atoms with Crippen LogP contribution in [0.5, 0.6) is 0 Å². The zero-order valence-corrected chi connectivity index (χ0v) is 14.7. The van der Waals surface area contributed by atoms with Crippen molar-refractivity contribution in [3.05, 3.63) is 40.5 Å². The maximum atomic E-state index is 12.1. The molecule has 0 aromatic heterocycles. The van der Waals surface area contributed by atoms with Crippen LogP contribution in [0, 0.1) is 11.3 Å². The molecule has 1 saturated carbocycles. The minimum Gasteiger partial charge on any atom is -0.361 e. The Bertz CT molecular complexity index is 531. The quantitative estimate of drug-likeness (QED) is 0.721. The fourth-order valence-electron chi connectivity index (χ4n) is 2.76. The highest BCUT2D eigenvalue weighted by Gasteiger charge is 2.33. The zero-order chi connectivity index (χ0) is 15.5. The average Bonchev–Trinajstić information content (AvgIpc) is 2.48. The highest BCUT2D eigenvalue weighted by Crippen LogP contribution is 2.41. The molecule has 1 aromatic rings. The van der Waals surface area contributed by atoms with Crippen molar-refractivity contribution in [2.75, 3.05) is 5.32 Å². The summed E-state index contributed by atoms with van der Waals surface area (Å²) in [5, 5.41) is 3.26. The largest absolute Gasteiger partial charge is 0.361 e. The van der Waals surface area contributed by atoms with Crippen LogP contribution in [0.4, 0.5) is 5.69 Å². The van der Waals surface area contributed by atoms with Crippen molar-refractivity contribution in [3.8, 4) is 0 Å². The summed E-state index contributed by atoms with van der Waals surface area (Å²) >= 11 is 3.42. The lowest BCUT2D eigenvalue weighted by atomic mass is 9.68. The van der Waals surface area contributed by atoms with Crippen molar-refractivity contribution in [1.29, 1.82) is 0 Å². The molecule has 21 heavy (non-hydrogen) atoms. The smallest absolute Gasteiger partial charge is 0.160 e. The number of carbonyl (C=O) groups is 1. The molecule has 0 saturated heterocycles. The number of benzene rings is 1. The van der Waals surface area contributed by atoms with E-state index in [1.165, 1.54) is 0 Å². The molecule has 1 aliphatic rings. The highest BCUT2D eigenvalue weighted by atomic mass is 79.9. The third-order valence-corrected chi connectivity index (χ3v) is 5.35. The molecule has 1 fully saturated rings. The van der Waals surface area contributed by atoms with Crippen LogP contribution in [0.1, 0.15) is 46.5 Å². The Kier molecular flexibility index (Phi) is 5.26. The first-order chi connectivity index (χ1) is 9.92. The van der Waals surface area contributed by atoms with E-state index in [-0.39, 0.29) is 0 Å². The fraction of sp³-hybridized carbons (Fsp3) is 0.500. The van der Waals surface area contributed by atoms with Gasteiger partial charge in [-0.05, 0) is 48.4 Å². The van der Waals surface area contributed by atoms with E-state index < -0.39 is 0 Å². The van der Waals surface area contributed by atoms with Crippen LogP contribution in [0.3, 0.4) is 0 Å². The molecule has 3 heteroatoms. The van der Waals surface area contributed by atoms with Gasteiger partial charge in [0.15, 0.2) is 5.78 Å². The Morgan fingerprint density at radius 2 is 2.00 bits per heavy atom. The van der Waals surface area contributed by atoms with Crippen LogP contribution in [-0.4, -0.2) is 5.78 Å². The number of ketones is 1. The number of hydrogen-bond donors (Lipinski definition) is 1. The SMILES string of the molecule is CCC(C)(C)[C@@H]1CCC(=O)/C(=C/Nc2ccc(Br)cc2)C1. The normalized spacial score (nSPS) is 21.6. The van der Waals surface area contributed by atoms with Crippen molar-refractivity contribution >= 4 is 27.4 Å². The van der Waals surface area contributed by atoms with Crippen molar-refractivity contribution in [3.63, 3.8) is 0 Å². The molecular formula is C18H24BrNO. The van der Waals surface area contributed by atoms with E-state index in [9.17, 15) is 4.79 Å². The van der Waals surface area contributed by atoms with Crippen molar-refractivity contribution in [1.82, 2.24) is 0 Å². The molecule has 114 valence electrons. The molecule has 0 spiro atoms. The summed E-state index contributed by atoms with van der Waals surface area (Å²) in [6.07, 6.45) is 5.66. The Morgan fingerprint density at radius 1 is 1.33 bits per heavy atom. The van der Waals surface area contributed by atoms with Crippen molar-refractivity contribution in [2.24, 2.45) is 11.3 Å². The average molecular weight is 350 g/mol. The second kappa shape index (κ2) is 6.78. The molecule has 1 atom stereocenters. The number of hydrogen-bond acceptors (Lipinski definition) is 2. The lowest BCUT2D eigenvalue weighted by Crippen LogP contribution is -2.29. The van der Waals surface area contributed by atoms with Gasteiger partial charge in [-0.15, -0.1) is 0 Å². The van der Waals surface area contributed by atoms with Gasteiger partial charge in [0.25, 0.3) is 0 Å². The Labute approximate surface area is 136 Å². The molecule has 2 nitrogen and oxygen atoms in total. The molecule has 0 bridgehead atoms. The van der Waals surface area contributed by atoms with Crippen LogP contribution in [0.25, 0.3) is 0 Å². The van der Waals surface area contributed by atoms with E-state index in [0.29, 0.717) is 23.5 Å². The van der Waals surface area contributed by atoms with Gasteiger partial charge in [-0.3, -0.25) is 4.79 Å². The van der Waals surface area contributed by atoms with Crippen LogP contribution >= 0.6 is 15.9 Å². The van der Waals surface area contributed by atoms with Crippen LogP contribution in [0.15, 0.2) is 40.5 Å². The molecule has 0 aliphatic heterocycles. The van der Waals surface area contributed by atoms with Gasteiger partial charge in [-0.2, -0.15) is 0 Å². The molecule has 1 aromatic carbocycles. The summed E-state index contributed by atoms with van der Waals surface area (Å²) in [6.45, 7) is 6.86. The minimum absolute atomic E-state index is 0.294. The number of halogens is 1. The molecular weight excluding hydrogens is 326 g/mol. The molecule has 0 unspecified atom stereocenters. The van der Waals surface area contributed by atoms with Gasteiger partial charge in [0.2, 0.25) is 0 Å². The monoisotopic (exact) mass is 349 g/mol. The maximum absolute atomic E-state index is 12.1. The zero-order valence-electron chi connectivity index (χ0n) is 13.1. The van der Waals surface area contributed by atoms with Crippen LogP contribution < -0.4 is 5.32 Å². The van der Waals surface area contributed by atoms with Gasteiger partial charge in [0.05, 0.1) is 0 Å². The predicted molar refractivity (Wildman–Crippen MR) is 92.3 cm³/mol. The summed E-state index contributed by atoms with van der Waals surface area (Å²) in [4.78, 5) is 12.1. The summed E-state index contributed by atoms with van der Waals surface area (Å²) < 4.78 is 1.05. The lowest BCUT2D eigenvalue weighted by Gasteiger charge is -2.36.